The van der Waals surface area contributed by atoms with Crippen LogP contribution in [0.25, 0.3) is 0 Å². The molecule has 0 bridgehead atoms. The van der Waals surface area contributed by atoms with E-state index in [0.29, 0.717) is 13.0 Å². The molecule has 0 fully saturated rings. The molecule has 0 amide bonds. The maximum Gasteiger partial charge on any atom is 0.509 e. The van der Waals surface area contributed by atoms with Gasteiger partial charge in [-0.1, -0.05) is 25.3 Å². The SMILES string of the molecule is C=CCOC(=O)OCC(C)(C)OCCC(C)(C)OC(=O)OCC=C. The number of ether oxygens (including phenoxy) is 5. The predicted octanol–water partition coefficient (Wildman–Crippen LogP) is 3.63. The fraction of sp³-hybridized carbons (Fsp3) is 0.647. The summed E-state index contributed by atoms with van der Waals surface area (Å²) in [5, 5.41) is 0. The van der Waals surface area contributed by atoms with Gasteiger partial charge >= 0.3 is 12.3 Å². The summed E-state index contributed by atoms with van der Waals surface area (Å²) in [4.78, 5) is 22.7. The van der Waals surface area contributed by atoms with Crippen molar-refractivity contribution in [3.63, 3.8) is 0 Å². The highest BCUT2D eigenvalue weighted by Crippen LogP contribution is 2.18. The third-order valence-electron chi connectivity index (χ3n) is 2.73. The van der Waals surface area contributed by atoms with E-state index in [1.54, 1.807) is 27.7 Å². The second-order valence-electron chi connectivity index (χ2n) is 6.21. The van der Waals surface area contributed by atoms with Crippen LogP contribution in [0.2, 0.25) is 0 Å². The first-order chi connectivity index (χ1) is 11.1. The Morgan fingerprint density at radius 3 is 1.96 bits per heavy atom. The van der Waals surface area contributed by atoms with Gasteiger partial charge in [-0.3, -0.25) is 0 Å². The lowest BCUT2D eigenvalue weighted by molar-refractivity contribution is -0.0876. The Hall–Kier alpha value is -2.02. The number of hydrogen-bond donors (Lipinski definition) is 0. The van der Waals surface area contributed by atoms with Gasteiger partial charge in [-0.2, -0.15) is 0 Å². The van der Waals surface area contributed by atoms with Gasteiger partial charge in [-0.15, -0.1) is 0 Å². The molecule has 0 rings (SSSR count). The predicted molar refractivity (Wildman–Crippen MR) is 88.9 cm³/mol. The van der Waals surface area contributed by atoms with E-state index in [1.165, 1.54) is 12.2 Å². The van der Waals surface area contributed by atoms with Crippen LogP contribution in [0.3, 0.4) is 0 Å². The summed E-state index contributed by atoms with van der Waals surface area (Å²) in [6, 6.07) is 0. The molecule has 0 atom stereocenters. The monoisotopic (exact) mass is 344 g/mol. The Balaban J connectivity index is 4.12. The van der Waals surface area contributed by atoms with Gasteiger partial charge in [0.15, 0.2) is 0 Å². The van der Waals surface area contributed by atoms with E-state index in [-0.39, 0.29) is 19.8 Å². The van der Waals surface area contributed by atoms with Crippen LogP contribution in [0.4, 0.5) is 9.59 Å². The molecule has 0 aliphatic heterocycles. The Kier molecular flexibility index (Phi) is 9.80. The second kappa shape index (κ2) is 10.7. The molecule has 0 saturated carbocycles. The van der Waals surface area contributed by atoms with Gasteiger partial charge in [-0.05, 0) is 27.7 Å². The van der Waals surface area contributed by atoms with E-state index in [4.69, 9.17) is 23.7 Å². The van der Waals surface area contributed by atoms with Crippen molar-refractivity contribution in [3.8, 4) is 0 Å². The fourth-order valence-electron chi connectivity index (χ4n) is 1.45. The van der Waals surface area contributed by atoms with Gasteiger partial charge < -0.3 is 23.7 Å². The molecule has 0 unspecified atom stereocenters. The van der Waals surface area contributed by atoms with Crippen LogP contribution in [-0.2, 0) is 23.7 Å². The van der Waals surface area contributed by atoms with E-state index in [1.807, 2.05) is 0 Å². The van der Waals surface area contributed by atoms with Crippen LogP contribution >= 0.6 is 0 Å². The lowest BCUT2D eigenvalue weighted by Crippen LogP contribution is -2.35. The van der Waals surface area contributed by atoms with Gasteiger partial charge in [0.2, 0.25) is 0 Å². The highest BCUT2D eigenvalue weighted by Gasteiger charge is 2.27. The maximum atomic E-state index is 11.4. The molecule has 138 valence electrons. The fourth-order valence-corrected chi connectivity index (χ4v) is 1.45. The Labute approximate surface area is 143 Å². The van der Waals surface area contributed by atoms with Crippen molar-refractivity contribution in [2.24, 2.45) is 0 Å². The summed E-state index contributed by atoms with van der Waals surface area (Å²) in [5.74, 6) is 0. The zero-order valence-electron chi connectivity index (χ0n) is 15.0. The highest BCUT2D eigenvalue weighted by molar-refractivity contribution is 5.60. The van der Waals surface area contributed by atoms with Gasteiger partial charge in [0, 0.05) is 6.42 Å². The molecule has 0 aromatic rings. The van der Waals surface area contributed by atoms with Crippen molar-refractivity contribution >= 4 is 12.3 Å². The standard InChI is InChI=1S/C17H28O7/c1-7-10-20-14(18)22-13-17(5,6)23-12-9-16(3,4)24-15(19)21-11-8-2/h7-8H,1-2,9-13H2,3-6H3. The summed E-state index contributed by atoms with van der Waals surface area (Å²) in [7, 11) is 0. The topological polar surface area (TPSA) is 80.3 Å². The molecule has 0 radical (unpaired) electrons. The number of carbonyl (C=O) groups excluding carboxylic acids is 2. The molecule has 24 heavy (non-hydrogen) atoms. The van der Waals surface area contributed by atoms with Crippen LogP contribution < -0.4 is 0 Å². The van der Waals surface area contributed by atoms with E-state index in [0.717, 1.165) is 0 Å². The van der Waals surface area contributed by atoms with Crippen LogP contribution in [0.1, 0.15) is 34.1 Å². The first kappa shape index (κ1) is 22.0. The third-order valence-corrected chi connectivity index (χ3v) is 2.73. The molecule has 0 aromatic carbocycles. The molecule has 0 aromatic heterocycles. The summed E-state index contributed by atoms with van der Waals surface area (Å²) in [5.41, 5.74) is -1.45. The quantitative estimate of drug-likeness (QED) is 0.418. The summed E-state index contributed by atoms with van der Waals surface area (Å²) < 4.78 is 25.3. The Bertz CT molecular complexity index is 427. The summed E-state index contributed by atoms with van der Waals surface area (Å²) in [6.45, 7) is 14.5. The first-order valence-corrected chi connectivity index (χ1v) is 7.63. The van der Waals surface area contributed by atoms with Crippen molar-refractivity contribution in [2.75, 3.05) is 26.4 Å². The maximum absolute atomic E-state index is 11.4. The second-order valence-corrected chi connectivity index (χ2v) is 6.21. The molecule has 0 spiro atoms. The highest BCUT2D eigenvalue weighted by atomic mass is 16.7. The summed E-state index contributed by atoms with van der Waals surface area (Å²) in [6.07, 6.45) is 1.82. The van der Waals surface area contributed by atoms with Crippen LogP contribution in [0, 0.1) is 0 Å². The van der Waals surface area contributed by atoms with Crippen LogP contribution in [0.5, 0.6) is 0 Å². The van der Waals surface area contributed by atoms with E-state index in [2.05, 4.69) is 13.2 Å². The van der Waals surface area contributed by atoms with Crippen molar-refractivity contribution in [1.29, 1.82) is 0 Å². The summed E-state index contributed by atoms with van der Waals surface area (Å²) >= 11 is 0. The normalized spacial score (nSPS) is 11.3. The number of rotatable bonds is 11. The van der Waals surface area contributed by atoms with Gasteiger partial charge in [0.25, 0.3) is 0 Å². The molecular formula is C17H28O7. The lowest BCUT2D eigenvalue weighted by Gasteiger charge is -2.28. The number of hydrogen-bond acceptors (Lipinski definition) is 7. The minimum absolute atomic E-state index is 0.0334. The van der Waals surface area contributed by atoms with E-state index < -0.39 is 23.5 Å². The zero-order chi connectivity index (χ0) is 18.6. The van der Waals surface area contributed by atoms with Crippen molar-refractivity contribution in [2.45, 2.75) is 45.3 Å². The average Bonchev–Trinajstić information content (AvgIpc) is 2.48. The molecule has 0 N–H and O–H groups in total. The van der Waals surface area contributed by atoms with Gasteiger partial charge in [-0.25, -0.2) is 9.59 Å². The van der Waals surface area contributed by atoms with Crippen LogP contribution in [0.15, 0.2) is 25.3 Å². The minimum atomic E-state index is -0.778. The Morgan fingerprint density at radius 2 is 1.42 bits per heavy atom. The molecule has 0 aliphatic rings. The lowest BCUT2D eigenvalue weighted by atomic mass is 10.1. The van der Waals surface area contributed by atoms with E-state index >= 15 is 0 Å². The molecule has 0 heterocycles. The van der Waals surface area contributed by atoms with Gasteiger partial charge in [0.1, 0.15) is 25.4 Å². The molecule has 0 aliphatic carbocycles. The third kappa shape index (κ3) is 11.5. The Morgan fingerprint density at radius 1 is 0.875 bits per heavy atom. The first-order valence-electron chi connectivity index (χ1n) is 7.63. The van der Waals surface area contributed by atoms with Gasteiger partial charge in [0.05, 0.1) is 12.2 Å². The van der Waals surface area contributed by atoms with Crippen molar-refractivity contribution in [3.05, 3.63) is 25.3 Å². The largest absolute Gasteiger partial charge is 0.509 e. The van der Waals surface area contributed by atoms with Crippen LogP contribution in [-0.4, -0.2) is 49.9 Å². The minimum Gasteiger partial charge on any atom is -0.431 e. The van der Waals surface area contributed by atoms with E-state index in [9.17, 15) is 9.59 Å². The number of carbonyl (C=O) groups is 2. The molecular weight excluding hydrogens is 316 g/mol. The smallest absolute Gasteiger partial charge is 0.431 e. The molecule has 7 heteroatoms. The molecule has 7 nitrogen and oxygen atoms in total. The molecule has 0 saturated heterocycles. The average molecular weight is 344 g/mol. The van der Waals surface area contributed by atoms with Crippen molar-refractivity contribution in [1.82, 2.24) is 0 Å². The van der Waals surface area contributed by atoms with Crippen molar-refractivity contribution < 1.29 is 33.3 Å². The zero-order valence-corrected chi connectivity index (χ0v) is 15.0.